The van der Waals surface area contributed by atoms with Gasteiger partial charge in [-0.2, -0.15) is 0 Å². The van der Waals surface area contributed by atoms with Gasteiger partial charge in [0.05, 0.1) is 12.1 Å². The highest BCUT2D eigenvalue weighted by Crippen LogP contribution is 2.25. The molecule has 2 aromatic rings. The van der Waals surface area contributed by atoms with Gasteiger partial charge in [-0.3, -0.25) is 4.57 Å². The average molecular weight is 235 g/mol. The molecule has 0 saturated heterocycles. The fourth-order valence-electron chi connectivity index (χ4n) is 1.87. The third-order valence-corrected chi connectivity index (χ3v) is 3.16. The quantitative estimate of drug-likeness (QED) is 0.883. The zero-order valence-electron chi connectivity index (χ0n) is 10.4. The summed E-state index contributed by atoms with van der Waals surface area (Å²) in [6.45, 7) is 6.47. The highest BCUT2D eigenvalue weighted by molar-refractivity contribution is 5.74. The molecule has 0 amide bonds. The van der Waals surface area contributed by atoms with Crippen molar-refractivity contribution in [2.24, 2.45) is 0 Å². The minimum absolute atomic E-state index is 0.0622. The summed E-state index contributed by atoms with van der Waals surface area (Å²) in [5.74, 6) is -0.332. The maximum Gasteiger partial charge on any atom is 0.419 e. The van der Waals surface area contributed by atoms with Crippen LogP contribution >= 0.6 is 0 Å². The lowest BCUT2D eigenvalue weighted by molar-refractivity contribution is 0.218. The van der Waals surface area contributed by atoms with E-state index in [9.17, 15) is 9.90 Å². The third kappa shape index (κ3) is 1.89. The maximum atomic E-state index is 11.5. The van der Waals surface area contributed by atoms with Crippen molar-refractivity contribution in [3.63, 3.8) is 0 Å². The summed E-state index contributed by atoms with van der Waals surface area (Å²) in [5.41, 5.74) is 2.06. The molecular formula is C13H17NO3. The number of benzene rings is 1. The van der Waals surface area contributed by atoms with Crippen LogP contribution in [0.1, 0.15) is 26.3 Å². The predicted molar refractivity (Wildman–Crippen MR) is 66.3 cm³/mol. The van der Waals surface area contributed by atoms with Crippen LogP contribution in [-0.4, -0.2) is 16.3 Å². The van der Waals surface area contributed by atoms with Gasteiger partial charge in [0.15, 0.2) is 5.58 Å². The van der Waals surface area contributed by atoms with Gasteiger partial charge in [-0.05, 0) is 24.6 Å². The van der Waals surface area contributed by atoms with Gasteiger partial charge < -0.3 is 9.52 Å². The van der Waals surface area contributed by atoms with Crippen LogP contribution in [0, 0.1) is 0 Å². The van der Waals surface area contributed by atoms with Gasteiger partial charge in [-0.1, -0.05) is 19.9 Å². The third-order valence-electron chi connectivity index (χ3n) is 3.16. The number of aromatic nitrogens is 1. The number of oxazole rings is 1. The molecule has 1 N–H and O–H groups in total. The Kier molecular flexibility index (Phi) is 2.83. The number of aliphatic hydroxyl groups excluding tert-OH is 1. The summed E-state index contributed by atoms with van der Waals surface area (Å²) in [6.07, 6.45) is 0. The molecule has 0 aliphatic heterocycles. The summed E-state index contributed by atoms with van der Waals surface area (Å²) in [7, 11) is 0. The predicted octanol–water partition coefficient (Wildman–Crippen LogP) is 1.88. The molecule has 0 atom stereocenters. The second-order valence-corrected chi connectivity index (χ2v) is 4.84. The molecule has 4 nitrogen and oxygen atoms in total. The van der Waals surface area contributed by atoms with Crippen molar-refractivity contribution in [2.75, 3.05) is 6.61 Å². The van der Waals surface area contributed by atoms with E-state index >= 15 is 0 Å². The monoisotopic (exact) mass is 235 g/mol. The minimum atomic E-state index is -0.332. The van der Waals surface area contributed by atoms with E-state index < -0.39 is 0 Å². The van der Waals surface area contributed by atoms with E-state index in [-0.39, 0.29) is 17.8 Å². The molecule has 0 radical (unpaired) electrons. The average Bonchev–Trinajstić information content (AvgIpc) is 2.63. The van der Waals surface area contributed by atoms with Crippen molar-refractivity contribution in [2.45, 2.75) is 32.7 Å². The lowest BCUT2D eigenvalue weighted by Gasteiger charge is -2.22. The molecule has 1 aromatic heterocycles. The molecule has 0 saturated carbocycles. The van der Waals surface area contributed by atoms with Gasteiger partial charge in [0.1, 0.15) is 0 Å². The maximum absolute atomic E-state index is 11.5. The van der Waals surface area contributed by atoms with Gasteiger partial charge in [-0.15, -0.1) is 0 Å². The smallest absolute Gasteiger partial charge is 0.408 e. The second kappa shape index (κ2) is 4.04. The van der Waals surface area contributed by atoms with E-state index in [4.69, 9.17) is 4.42 Å². The van der Waals surface area contributed by atoms with E-state index in [0.29, 0.717) is 12.1 Å². The molecule has 0 aliphatic rings. The molecule has 1 heterocycles. The Labute approximate surface area is 99.5 Å². The Balaban J connectivity index is 2.68. The first-order chi connectivity index (χ1) is 7.99. The number of hydrogen-bond donors (Lipinski definition) is 1. The molecule has 92 valence electrons. The van der Waals surface area contributed by atoms with Crippen LogP contribution in [0.4, 0.5) is 0 Å². The largest absolute Gasteiger partial charge is 0.419 e. The number of aryl methyl sites for hydroxylation is 1. The number of aliphatic hydroxyl groups is 1. The highest BCUT2D eigenvalue weighted by Gasteiger charge is 2.21. The summed E-state index contributed by atoms with van der Waals surface area (Å²) < 4.78 is 6.73. The first kappa shape index (κ1) is 11.9. The van der Waals surface area contributed by atoms with Crippen molar-refractivity contribution >= 4 is 11.1 Å². The fourth-order valence-corrected chi connectivity index (χ4v) is 1.87. The topological polar surface area (TPSA) is 55.4 Å². The fraction of sp³-hybridized carbons (Fsp3) is 0.462. The van der Waals surface area contributed by atoms with E-state index in [0.717, 1.165) is 11.1 Å². The van der Waals surface area contributed by atoms with Crippen molar-refractivity contribution < 1.29 is 9.52 Å². The van der Waals surface area contributed by atoms with Crippen LogP contribution < -0.4 is 5.76 Å². The summed E-state index contributed by atoms with van der Waals surface area (Å²) in [4.78, 5) is 11.5. The van der Waals surface area contributed by atoms with Crippen LogP contribution in [0.5, 0.6) is 0 Å². The lowest BCUT2D eigenvalue weighted by atomic mass is 9.85. The molecule has 0 spiro atoms. The number of fused-ring (bicyclic) bond motifs is 1. The van der Waals surface area contributed by atoms with Crippen molar-refractivity contribution in [1.29, 1.82) is 0 Å². The van der Waals surface area contributed by atoms with Crippen molar-refractivity contribution in [1.82, 2.24) is 4.57 Å². The zero-order valence-corrected chi connectivity index (χ0v) is 10.4. The van der Waals surface area contributed by atoms with Crippen LogP contribution in [0.25, 0.3) is 11.1 Å². The van der Waals surface area contributed by atoms with E-state index in [1.54, 1.807) is 10.6 Å². The molecule has 1 aromatic carbocycles. The van der Waals surface area contributed by atoms with E-state index in [2.05, 4.69) is 0 Å². The number of nitrogens with zero attached hydrogens (tertiary/aromatic N) is 1. The Morgan fingerprint density at radius 2 is 2.12 bits per heavy atom. The Bertz CT molecular complexity index is 592. The molecular weight excluding hydrogens is 218 g/mol. The van der Waals surface area contributed by atoms with Crippen molar-refractivity contribution in [3.8, 4) is 0 Å². The summed E-state index contributed by atoms with van der Waals surface area (Å²) in [6, 6.07) is 5.59. The molecule has 0 fully saturated rings. The molecule has 2 rings (SSSR count). The van der Waals surface area contributed by atoms with Gasteiger partial charge in [-0.25, -0.2) is 4.79 Å². The zero-order chi connectivity index (χ0) is 12.6. The second-order valence-electron chi connectivity index (χ2n) is 4.84. The van der Waals surface area contributed by atoms with Gasteiger partial charge >= 0.3 is 5.76 Å². The van der Waals surface area contributed by atoms with E-state index in [1.807, 2.05) is 32.9 Å². The summed E-state index contributed by atoms with van der Waals surface area (Å²) >= 11 is 0. The summed E-state index contributed by atoms with van der Waals surface area (Å²) in [5, 5.41) is 9.36. The standard InChI is InChI=1S/C13H17NO3/c1-4-14-10-7-9(13(2,3)8-15)5-6-11(10)17-12(14)16/h5-7,15H,4,8H2,1-3H3. The van der Waals surface area contributed by atoms with Crippen LogP contribution in [0.15, 0.2) is 27.4 Å². The minimum Gasteiger partial charge on any atom is -0.408 e. The lowest BCUT2D eigenvalue weighted by Crippen LogP contribution is -2.22. The number of hydrogen-bond acceptors (Lipinski definition) is 3. The van der Waals surface area contributed by atoms with Gasteiger partial charge in [0.25, 0.3) is 0 Å². The van der Waals surface area contributed by atoms with Gasteiger partial charge in [0, 0.05) is 12.0 Å². The molecule has 4 heteroatoms. The Morgan fingerprint density at radius 1 is 1.41 bits per heavy atom. The molecule has 0 aliphatic carbocycles. The molecule has 0 bridgehead atoms. The Morgan fingerprint density at radius 3 is 2.71 bits per heavy atom. The van der Waals surface area contributed by atoms with Crippen LogP contribution in [-0.2, 0) is 12.0 Å². The number of rotatable bonds is 3. The van der Waals surface area contributed by atoms with Gasteiger partial charge in [0.2, 0.25) is 0 Å². The molecule has 17 heavy (non-hydrogen) atoms. The van der Waals surface area contributed by atoms with E-state index in [1.165, 1.54) is 0 Å². The first-order valence-corrected chi connectivity index (χ1v) is 5.74. The normalized spacial score (nSPS) is 12.2. The Hall–Kier alpha value is -1.55. The highest BCUT2D eigenvalue weighted by atomic mass is 16.4. The first-order valence-electron chi connectivity index (χ1n) is 5.74. The van der Waals surface area contributed by atoms with Crippen LogP contribution in [0.2, 0.25) is 0 Å². The van der Waals surface area contributed by atoms with Crippen LogP contribution in [0.3, 0.4) is 0 Å². The molecule has 0 unspecified atom stereocenters. The van der Waals surface area contributed by atoms with Crippen molar-refractivity contribution in [3.05, 3.63) is 34.3 Å². The SMILES string of the molecule is CCn1c(=O)oc2ccc(C(C)(C)CO)cc21.